The Morgan fingerprint density at radius 1 is 1.36 bits per heavy atom. The molecule has 0 saturated carbocycles. The molecule has 1 aromatic rings. The molecule has 4 nitrogen and oxygen atoms in total. The van der Waals surface area contributed by atoms with E-state index in [1.165, 1.54) is 0 Å². The summed E-state index contributed by atoms with van der Waals surface area (Å²) in [4.78, 5) is 10.0. The smallest absolute Gasteiger partial charge is 0.186 e. The minimum absolute atomic E-state index is 0.259. The molecule has 0 unspecified atom stereocenters. The molecule has 0 aliphatic carbocycles. The van der Waals surface area contributed by atoms with Crippen LogP contribution in [-0.2, 0) is 6.54 Å². The summed E-state index contributed by atoms with van der Waals surface area (Å²) in [6.45, 7) is 2.24. The fourth-order valence-corrected chi connectivity index (χ4v) is 1.14. The van der Waals surface area contributed by atoms with Gasteiger partial charge in [-0.25, -0.2) is 14.4 Å². The number of hydrogen-bond donors (Lipinski definition) is 1. The molecular formula is C9H15FN4. The molecular weight excluding hydrogens is 183 g/mol. The zero-order valence-corrected chi connectivity index (χ0v) is 8.93. The molecule has 0 aliphatic heterocycles. The van der Waals surface area contributed by atoms with E-state index in [0.29, 0.717) is 18.1 Å². The van der Waals surface area contributed by atoms with Gasteiger partial charge in [0, 0.05) is 7.05 Å². The Balaban J connectivity index is 3.03. The van der Waals surface area contributed by atoms with Crippen molar-refractivity contribution in [1.29, 1.82) is 0 Å². The maximum atomic E-state index is 13.3. The summed E-state index contributed by atoms with van der Waals surface area (Å²) in [6.07, 6.45) is 0. The second-order valence-electron chi connectivity index (χ2n) is 3.38. The van der Waals surface area contributed by atoms with E-state index < -0.39 is 0 Å². The van der Waals surface area contributed by atoms with Crippen LogP contribution in [0.2, 0.25) is 0 Å². The van der Waals surface area contributed by atoms with Crippen LogP contribution >= 0.6 is 0 Å². The van der Waals surface area contributed by atoms with Gasteiger partial charge in [0.1, 0.15) is 5.82 Å². The van der Waals surface area contributed by atoms with Gasteiger partial charge in [-0.1, -0.05) is 0 Å². The molecule has 5 heteroatoms. The van der Waals surface area contributed by atoms with Crippen molar-refractivity contribution in [2.45, 2.75) is 13.5 Å². The third-order valence-corrected chi connectivity index (χ3v) is 1.76. The highest BCUT2D eigenvalue weighted by atomic mass is 19.1. The number of aryl methyl sites for hydroxylation is 1. The van der Waals surface area contributed by atoms with Crippen LogP contribution in [0.15, 0.2) is 0 Å². The Kier molecular flexibility index (Phi) is 3.35. The predicted octanol–water partition coefficient (Wildman–Crippen LogP) is 1.03. The predicted molar refractivity (Wildman–Crippen MR) is 53.7 cm³/mol. The van der Waals surface area contributed by atoms with Crippen molar-refractivity contribution < 1.29 is 4.39 Å². The Hall–Kier alpha value is -1.23. The summed E-state index contributed by atoms with van der Waals surface area (Å²) >= 11 is 0. The van der Waals surface area contributed by atoms with Gasteiger partial charge in [-0.05, 0) is 21.0 Å². The zero-order chi connectivity index (χ0) is 10.7. The van der Waals surface area contributed by atoms with Gasteiger partial charge in [0.25, 0.3) is 0 Å². The fraction of sp³-hybridized carbons (Fsp3) is 0.556. The Morgan fingerprint density at radius 3 is 2.50 bits per heavy atom. The summed E-state index contributed by atoms with van der Waals surface area (Å²) in [5.74, 6) is 0.502. The van der Waals surface area contributed by atoms with Gasteiger partial charge < -0.3 is 10.2 Å². The lowest BCUT2D eigenvalue weighted by molar-refractivity contribution is 0.388. The summed E-state index contributed by atoms with van der Waals surface area (Å²) in [7, 11) is 5.48. The minimum atomic E-state index is -0.380. The minimum Gasteiger partial charge on any atom is -0.371 e. The molecule has 0 fully saturated rings. The van der Waals surface area contributed by atoms with E-state index in [4.69, 9.17) is 0 Å². The van der Waals surface area contributed by atoms with Crippen LogP contribution < -0.4 is 5.32 Å². The Labute approximate surface area is 83.2 Å². The monoisotopic (exact) mass is 198 g/mol. The summed E-state index contributed by atoms with van der Waals surface area (Å²) in [6, 6.07) is 0. The van der Waals surface area contributed by atoms with E-state index in [1.54, 1.807) is 14.0 Å². The van der Waals surface area contributed by atoms with Gasteiger partial charge in [-0.3, -0.25) is 0 Å². The van der Waals surface area contributed by atoms with Crippen molar-refractivity contribution in [3.8, 4) is 0 Å². The van der Waals surface area contributed by atoms with Crippen LogP contribution in [0.4, 0.5) is 10.2 Å². The van der Waals surface area contributed by atoms with Gasteiger partial charge in [-0.15, -0.1) is 0 Å². The first kappa shape index (κ1) is 10.8. The van der Waals surface area contributed by atoms with Crippen LogP contribution in [0.3, 0.4) is 0 Å². The summed E-state index contributed by atoms with van der Waals surface area (Å²) in [5.41, 5.74) is 0.376. The first-order valence-corrected chi connectivity index (χ1v) is 4.40. The molecule has 1 rings (SSSR count). The van der Waals surface area contributed by atoms with Crippen LogP contribution in [0.1, 0.15) is 11.5 Å². The lowest BCUT2D eigenvalue weighted by Gasteiger charge is -2.10. The fourth-order valence-electron chi connectivity index (χ4n) is 1.14. The summed E-state index contributed by atoms with van der Waals surface area (Å²) in [5, 5.41) is 2.71. The third kappa shape index (κ3) is 2.38. The third-order valence-electron chi connectivity index (χ3n) is 1.76. The van der Waals surface area contributed by atoms with Crippen molar-refractivity contribution in [1.82, 2.24) is 14.9 Å². The highest BCUT2D eigenvalue weighted by molar-refractivity contribution is 5.37. The highest BCUT2D eigenvalue weighted by Crippen LogP contribution is 2.13. The van der Waals surface area contributed by atoms with Crippen molar-refractivity contribution in [2.75, 3.05) is 26.5 Å². The van der Waals surface area contributed by atoms with Crippen molar-refractivity contribution in [3.63, 3.8) is 0 Å². The number of nitrogens with one attached hydrogen (secondary N) is 1. The van der Waals surface area contributed by atoms with Gasteiger partial charge in [0.2, 0.25) is 0 Å². The normalized spacial score (nSPS) is 10.7. The van der Waals surface area contributed by atoms with E-state index in [-0.39, 0.29) is 11.6 Å². The average Bonchev–Trinajstić information content (AvgIpc) is 2.10. The number of nitrogens with zero attached hydrogens (tertiary/aromatic N) is 3. The second kappa shape index (κ2) is 4.32. The highest BCUT2D eigenvalue weighted by Gasteiger charge is 2.10. The van der Waals surface area contributed by atoms with Crippen LogP contribution in [0.25, 0.3) is 0 Å². The maximum absolute atomic E-state index is 13.3. The lowest BCUT2D eigenvalue weighted by atomic mass is 10.4. The number of halogens is 1. The Morgan fingerprint density at radius 2 is 2.00 bits per heavy atom. The van der Waals surface area contributed by atoms with Crippen molar-refractivity contribution >= 4 is 5.82 Å². The van der Waals surface area contributed by atoms with E-state index in [2.05, 4.69) is 15.3 Å². The number of hydrogen-bond acceptors (Lipinski definition) is 4. The topological polar surface area (TPSA) is 41.1 Å². The Bertz CT molecular complexity index is 325. The van der Waals surface area contributed by atoms with Gasteiger partial charge in [0.05, 0.1) is 12.2 Å². The van der Waals surface area contributed by atoms with Crippen molar-refractivity contribution in [2.24, 2.45) is 0 Å². The van der Waals surface area contributed by atoms with Gasteiger partial charge in [-0.2, -0.15) is 0 Å². The number of anilines is 1. The van der Waals surface area contributed by atoms with Gasteiger partial charge >= 0.3 is 0 Å². The molecule has 0 atom stereocenters. The molecule has 0 saturated heterocycles. The van der Waals surface area contributed by atoms with Crippen molar-refractivity contribution in [3.05, 3.63) is 17.3 Å². The van der Waals surface area contributed by atoms with E-state index in [9.17, 15) is 4.39 Å². The standard InChI is InChI=1S/C9H15FN4/c1-6-8(10)9(11-2)13-7(12-6)5-14(3)4/h5H2,1-4H3,(H,11,12,13). The first-order valence-electron chi connectivity index (χ1n) is 4.40. The van der Waals surface area contributed by atoms with Gasteiger partial charge in [0.15, 0.2) is 11.6 Å². The molecule has 0 radical (unpaired) electrons. The molecule has 14 heavy (non-hydrogen) atoms. The zero-order valence-electron chi connectivity index (χ0n) is 8.93. The molecule has 0 aromatic carbocycles. The molecule has 1 aromatic heterocycles. The average molecular weight is 198 g/mol. The van der Waals surface area contributed by atoms with E-state index >= 15 is 0 Å². The molecule has 0 amide bonds. The largest absolute Gasteiger partial charge is 0.371 e. The molecule has 78 valence electrons. The van der Waals surface area contributed by atoms with Crippen LogP contribution in [0.5, 0.6) is 0 Å². The first-order chi connectivity index (χ1) is 6.54. The molecule has 0 spiro atoms. The van der Waals surface area contributed by atoms with Crippen LogP contribution in [-0.4, -0.2) is 36.0 Å². The van der Waals surface area contributed by atoms with E-state index in [0.717, 1.165) is 0 Å². The SMILES string of the molecule is CNc1nc(CN(C)C)nc(C)c1F. The van der Waals surface area contributed by atoms with Crippen LogP contribution in [0, 0.1) is 12.7 Å². The quantitative estimate of drug-likeness (QED) is 0.787. The maximum Gasteiger partial charge on any atom is 0.186 e. The second-order valence-corrected chi connectivity index (χ2v) is 3.38. The molecule has 1 heterocycles. The molecule has 0 aliphatic rings. The lowest BCUT2D eigenvalue weighted by Crippen LogP contribution is -2.15. The number of aromatic nitrogens is 2. The molecule has 0 bridgehead atoms. The van der Waals surface area contributed by atoms with E-state index in [1.807, 2.05) is 19.0 Å². The summed E-state index contributed by atoms with van der Waals surface area (Å²) < 4.78 is 13.3. The molecule has 1 N–H and O–H groups in total. The number of rotatable bonds is 3.